The van der Waals surface area contributed by atoms with E-state index in [1.165, 1.54) is 45.4 Å². The van der Waals surface area contributed by atoms with Gasteiger partial charge in [-0.15, -0.1) is 0 Å². The molecular weight excluding hydrogens is 461 g/mol. The van der Waals surface area contributed by atoms with Crippen molar-refractivity contribution in [3.8, 4) is 0 Å². The topological polar surface area (TPSA) is 70.9 Å². The van der Waals surface area contributed by atoms with Crippen molar-refractivity contribution in [2.24, 2.45) is 0 Å². The number of aromatic amines is 1. The molecule has 4 nitrogen and oxygen atoms in total. The number of carbonyl (C=O) groups excluding carboxylic acids is 1. The number of carbonyl (C=O) groups is 1. The van der Waals surface area contributed by atoms with E-state index in [1.807, 2.05) is 6.08 Å². The van der Waals surface area contributed by atoms with E-state index in [0.29, 0.717) is 17.3 Å². The third kappa shape index (κ3) is 6.00. The molecule has 3 aromatic carbocycles. The van der Waals surface area contributed by atoms with Gasteiger partial charge in [0.05, 0.1) is 0 Å². The number of nitrogen functional groups attached to an aromatic ring is 1. The molecule has 1 atom stereocenters. The molecule has 0 fully saturated rings. The first-order chi connectivity index (χ1) is 17.5. The van der Waals surface area contributed by atoms with Crippen molar-refractivity contribution in [1.29, 1.82) is 0 Å². The number of aryl methyl sites for hydroxylation is 2. The molecule has 0 spiro atoms. The third-order valence-electron chi connectivity index (χ3n) is 7.21. The van der Waals surface area contributed by atoms with Crippen LogP contribution >= 0.6 is 0 Å². The Labute approximate surface area is 218 Å². The van der Waals surface area contributed by atoms with Gasteiger partial charge in [-0.1, -0.05) is 56.0 Å². The third-order valence-corrected chi connectivity index (χ3v) is 7.21. The second kappa shape index (κ2) is 11.6. The maximum absolute atomic E-state index is 13.2. The molecule has 1 heterocycles. The van der Waals surface area contributed by atoms with Gasteiger partial charge in [0.15, 0.2) is 5.78 Å². The van der Waals surface area contributed by atoms with Crippen molar-refractivity contribution >= 4 is 28.4 Å². The largest absolute Gasteiger partial charge is 0.398 e. The van der Waals surface area contributed by atoms with Crippen LogP contribution in [-0.2, 0) is 24.1 Å². The molecular formula is C32H36FN3O. The maximum atomic E-state index is 13.2. The van der Waals surface area contributed by atoms with Crippen LogP contribution in [0.3, 0.4) is 0 Å². The molecule has 0 aliphatic heterocycles. The lowest BCUT2D eigenvalue weighted by atomic mass is 9.86. The lowest BCUT2D eigenvalue weighted by Gasteiger charge is -2.27. The van der Waals surface area contributed by atoms with Gasteiger partial charge in [-0.2, -0.15) is 0 Å². The number of hydrogen-bond acceptors (Lipinski definition) is 3. The van der Waals surface area contributed by atoms with E-state index in [-0.39, 0.29) is 19.6 Å². The number of para-hydroxylation sites is 1. The summed E-state index contributed by atoms with van der Waals surface area (Å²) in [7, 11) is 0. The van der Waals surface area contributed by atoms with E-state index in [0.717, 1.165) is 37.8 Å². The zero-order valence-corrected chi connectivity index (χ0v) is 20.6. The van der Waals surface area contributed by atoms with Crippen LogP contribution in [0.1, 0.15) is 59.8 Å². The molecule has 0 bridgehead atoms. The Kier molecular flexibility index (Phi) is 8.24. The van der Waals surface area contributed by atoms with Gasteiger partial charge in [-0.3, -0.25) is 4.79 Å². The molecule has 1 aromatic heterocycles. The summed E-state index contributed by atoms with van der Waals surface area (Å²) in [4.78, 5) is 15.9. The number of anilines is 1. The average molecular weight is 498 g/mol. The smallest absolute Gasteiger partial charge is 0.160 e. The Morgan fingerprint density at radius 1 is 1.16 bits per heavy atom. The number of H-pyrrole nitrogens is 1. The molecule has 0 saturated carbocycles. The molecule has 37 heavy (non-hydrogen) atoms. The molecule has 4 aromatic rings. The molecule has 5 heteroatoms. The number of aromatic nitrogens is 1. The van der Waals surface area contributed by atoms with Crippen LogP contribution in [0, 0.1) is 12.7 Å². The van der Waals surface area contributed by atoms with E-state index < -0.39 is 5.82 Å². The number of nitrogens with two attached hydrogens (primary N) is 1. The molecule has 1 aliphatic rings. The highest BCUT2D eigenvalue weighted by Crippen LogP contribution is 2.31. The van der Waals surface area contributed by atoms with Crippen molar-refractivity contribution in [3.63, 3.8) is 0 Å². The zero-order chi connectivity index (χ0) is 25.1. The minimum absolute atomic E-state index is 0. The highest BCUT2D eigenvalue weighted by atomic mass is 19.1. The number of nitrogens with one attached hydrogen (secondary N) is 2. The highest BCUT2D eigenvalue weighted by Gasteiger charge is 2.20. The van der Waals surface area contributed by atoms with E-state index in [4.69, 9.17) is 5.73 Å². The van der Waals surface area contributed by atoms with Gasteiger partial charge >= 0.3 is 0 Å². The first-order valence-electron chi connectivity index (χ1n) is 12.6. The normalized spacial score (nSPS) is 15.0. The number of hydrogen-bond donors (Lipinski definition) is 3. The minimum Gasteiger partial charge on any atom is -0.398 e. The molecule has 192 valence electrons. The second-order valence-corrected chi connectivity index (χ2v) is 9.70. The Bertz CT molecular complexity index is 1440. The SMILES string of the molecule is C.Cc1[nH]c2ccccc2c1CCNC1CCCc2cc(/C=C/C(=O)Cc3ccc(F)cc3N)ccc21. The van der Waals surface area contributed by atoms with Crippen LogP contribution in [0.5, 0.6) is 0 Å². The number of rotatable bonds is 8. The molecule has 5 rings (SSSR count). The summed E-state index contributed by atoms with van der Waals surface area (Å²) >= 11 is 0. The summed E-state index contributed by atoms with van der Waals surface area (Å²) in [5.41, 5.74) is 14.4. The van der Waals surface area contributed by atoms with Crippen LogP contribution < -0.4 is 11.1 Å². The quantitative estimate of drug-likeness (QED) is 0.184. The van der Waals surface area contributed by atoms with Crippen molar-refractivity contribution in [3.05, 3.63) is 106 Å². The highest BCUT2D eigenvalue weighted by molar-refractivity contribution is 5.95. The fourth-order valence-corrected chi connectivity index (χ4v) is 5.34. The first-order valence-corrected chi connectivity index (χ1v) is 12.6. The predicted octanol–water partition coefficient (Wildman–Crippen LogP) is 6.87. The summed E-state index contributed by atoms with van der Waals surface area (Å²) in [6, 6.07) is 19.5. The average Bonchev–Trinajstić information content (AvgIpc) is 3.19. The van der Waals surface area contributed by atoms with E-state index in [9.17, 15) is 9.18 Å². The van der Waals surface area contributed by atoms with Crippen LogP contribution in [0.15, 0.2) is 66.7 Å². The molecule has 0 radical (unpaired) electrons. The molecule has 1 aliphatic carbocycles. The van der Waals surface area contributed by atoms with Gasteiger partial charge in [0.25, 0.3) is 0 Å². The standard InChI is InChI=1S/C31H32FN3O.CH4/c1-20-26(28-6-2-3-7-31(28)35-20)15-16-34-30-8-4-5-22-17-21(10-14-27(22)30)9-13-25(36)18-23-11-12-24(32)19-29(23)33;/h2-3,6-7,9-14,17,19,30,34-35H,4-5,8,15-16,18,33H2,1H3;1H4/b13-9+;. The van der Waals surface area contributed by atoms with Crippen LogP contribution in [-0.4, -0.2) is 17.3 Å². The van der Waals surface area contributed by atoms with Gasteiger partial charge in [0, 0.05) is 34.7 Å². The van der Waals surface area contributed by atoms with Crippen molar-refractivity contribution in [1.82, 2.24) is 10.3 Å². The zero-order valence-electron chi connectivity index (χ0n) is 20.6. The van der Waals surface area contributed by atoms with Gasteiger partial charge < -0.3 is 16.0 Å². The predicted molar refractivity (Wildman–Crippen MR) is 152 cm³/mol. The number of fused-ring (bicyclic) bond motifs is 2. The number of benzene rings is 3. The van der Waals surface area contributed by atoms with Crippen molar-refractivity contribution < 1.29 is 9.18 Å². The summed E-state index contributed by atoms with van der Waals surface area (Å²) in [5, 5.41) is 5.10. The minimum atomic E-state index is -0.394. The van der Waals surface area contributed by atoms with Crippen LogP contribution in [0.4, 0.5) is 10.1 Å². The van der Waals surface area contributed by atoms with E-state index in [1.54, 1.807) is 12.1 Å². The van der Waals surface area contributed by atoms with Crippen LogP contribution in [0.25, 0.3) is 17.0 Å². The Balaban J connectivity index is 0.00000320. The van der Waals surface area contributed by atoms with Gasteiger partial charge in [0.2, 0.25) is 0 Å². The van der Waals surface area contributed by atoms with E-state index in [2.05, 4.69) is 59.7 Å². The van der Waals surface area contributed by atoms with Crippen molar-refractivity contribution in [2.75, 3.05) is 12.3 Å². The summed E-state index contributed by atoms with van der Waals surface area (Å²) in [6.07, 6.45) is 7.93. The number of allylic oxidation sites excluding steroid dienone is 1. The van der Waals surface area contributed by atoms with Gasteiger partial charge in [-0.05, 0) is 91.2 Å². The number of ketones is 1. The second-order valence-electron chi connectivity index (χ2n) is 9.70. The van der Waals surface area contributed by atoms with Gasteiger partial charge in [0.1, 0.15) is 5.82 Å². The monoisotopic (exact) mass is 497 g/mol. The summed E-state index contributed by atoms with van der Waals surface area (Å²) in [6.45, 7) is 3.08. The lowest BCUT2D eigenvalue weighted by molar-refractivity contribution is -0.113. The summed E-state index contributed by atoms with van der Waals surface area (Å²) < 4.78 is 13.2. The molecule has 0 saturated heterocycles. The summed E-state index contributed by atoms with van der Waals surface area (Å²) in [5.74, 6) is -0.452. The number of halogens is 1. The van der Waals surface area contributed by atoms with Crippen LogP contribution in [0.2, 0.25) is 0 Å². The molecule has 4 N–H and O–H groups in total. The Hall–Kier alpha value is -3.70. The maximum Gasteiger partial charge on any atom is 0.160 e. The van der Waals surface area contributed by atoms with E-state index >= 15 is 0 Å². The Morgan fingerprint density at radius 2 is 2.00 bits per heavy atom. The fourth-order valence-electron chi connectivity index (χ4n) is 5.34. The fraction of sp³-hybridized carbons (Fsp3) is 0.281. The lowest BCUT2D eigenvalue weighted by Crippen LogP contribution is -2.27. The van der Waals surface area contributed by atoms with Crippen molar-refractivity contribution in [2.45, 2.75) is 52.5 Å². The first kappa shape index (κ1) is 26.4. The molecule has 0 amide bonds. The Morgan fingerprint density at radius 3 is 2.84 bits per heavy atom. The molecule has 1 unspecified atom stereocenters. The van der Waals surface area contributed by atoms with Gasteiger partial charge in [-0.25, -0.2) is 4.39 Å².